The van der Waals surface area contributed by atoms with E-state index < -0.39 is 0 Å². The van der Waals surface area contributed by atoms with Gasteiger partial charge in [-0.1, -0.05) is 41.9 Å². The van der Waals surface area contributed by atoms with Gasteiger partial charge in [0.25, 0.3) is 0 Å². The Morgan fingerprint density at radius 2 is 1.67 bits per heavy atom. The van der Waals surface area contributed by atoms with Gasteiger partial charge in [-0.3, -0.25) is 0 Å². The smallest absolute Gasteiger partial charge is 0.163 e. The van der Waals surface area contributed by atoms with Crippen LogP contribution in [-0.2, 0) is 0 Å². The van der Waals surface area contributed by atoms with Crippen molar-refractivity contribution in [2.75, 3.05) is 5.32 Å². The van der Waals surface area contributed by atoms with Crippen LogP contribution in [0.1, 0.15) is 25.7 Å². The maximum atomic E-state index is 6.18. The summed E-state index contributed by atoms with van der Waals surface area (Å²) in [6.07, 6.45) is 5.38. The molecular weight excluding hydrogens is 282 g/mol. The van der Waals surface area contributed by atoms with Crippen LogP contribution in [0.3, 0.4) is 0 Å². The molecule has 108 valence electrons. The predicted molar refractivity (Wildman–Crippen MR) is 85.3 cm³/mol. The van der Waals surface area contributed by atoms with Crippen LogP contribution in [0.4, 0.5) is 5.82 Å². The van der Waals surface area contributed by atoms with Gasteiger partial charge in [-0.05, 0) is 37.5 Å². The highest BCUT2D eigenvalue weighted by Gasteiger charge is 2.41. The molecule has 0 spiro atoms. The van der Waals surface area contributed by atoms with Crippen LogP contribution in [0.5, 0.6) is 0 Å². The fourth-order valence-electron chi connectivity index (χ4n) is 2.91. The van der Waals surface area contributed by atoms with Crippen molar-refractivity contribution >= 4 is 17.4 Å². The van der Waals surface area contributed by atoms with Crippen molar-refractivity contribution in [3.63, 3.8) is 0 Å². The third-order valence-corrected chi connectivity index (χ3v) is 4.49. The lowest BCUT2D eigenvalue weighted by Gasteiger charge is -2.18. The minimum Gasteiger partial charge on any atom is -0.367 e. The fraction of sp³-hybridized carbons (Fsp3) is 0.412. The molecule has 2 fully saturated rings. The third kappa shape index (κ3) is 3.03. The Kier molecular flexibility index (Phi) is 3.30. The van der Waals surface area contributed by atoms with Crippen molar-refractivity contribution in [1.29, 1.82) is 0 Å². The Balaban J connectivity index is 1.61. The topological polar surface area (TPSA) is 37.8 Å². The zero-order chi connectivity index (χ0) is 14.2. The molecule has 2 aromatic rings. The van der Waals surface area contributed by atoms with Gasteiger partial charge in [0, 0.05) is 17.7 Å². The van der Waals surface area contributed by atoms with Crippen molar-refractivity contribution in [1.82, 2.24) is 9.97 Å². The molecule has 1 aromatic carbocycles. The first-order chi connectivity index (χ1) is 10.3. The van der Waals surface area contributed by atoms with E-state index in [0.717, 1.165) is 23.2 Å². The van der Waals surface area contributed by atoms with Crippen molar-refractivity contribution in [2.24, 2.45) is 11.8 Å². The van der Waals surface area contributed by atoms with Crippen molar-refractivity contribution < 1.29 is 0 Å². The van der Waals surface area contributed by atoms with Crippen molar-refractivity contribution in [2.45, 2.75) is 31.7 Å². The van der Waals surface area contributed by atoms with Crippen LogP contribution in [0.25, 0.3) is 11.4 Å². The Morgan fingerprint density at radius 1 is 1.00 bits per heavy atom. The largest absolute Gasteiger partial charge is 0.367 e. The van der Waals surface area contributed by atoms with Gasteiger partial charge in [0.2, 0.25) is 0 Å². The van der Waals surface area contributed by atoms with Gasteiger partial charge in [-0.15, -0.1) is 0 Å². The van der Waals surface area contributed by atoms with Gasteiger partial charge in [-0.25, -0.2) is 9.97 Å². The molecule has 4 rings (SSSR count). The van der Waals surface area contributed by atoms with E-state index in [1.807, 2.05) is 36.4 Å². The summed E-state index contributed by atoms with van der Waals surface area (Å²) in [7, 11) is 0. The molecule has 0 saturated heterocycles. The fourth-order valence-corrected chi connectivity index (χ4v) is 3.09. The van der Waals surface area contributed by atoms with Gasteiger partial charge >= 0.3 is 0 Å². The van der Waals surface area contributed by atoms with Crippen LogP contribution in [0.2, 0.25) is 5.15 Å². The van der Waals surface area contributed by atoms with Gasteiger partial charge in [0.15, 0.2) is 5.82 Å². The van der Waals surface area contributed by atoms with E-state index >= 15 is 0 Å². The molecule has 4 heteroatoms. The van der Waals surface area contributed by atoms with E-state index in [1.54, 1.807) is 0 Å². The standard InChI is InChI=1S/C17H18ClN3/c18-14-10-15(20-16(11-6-7-11)12-8-9-12)21-17(19-14)13-4-2-1-3-5-13/h1-5,10-12,16H,6-9H2,(H,19,20,21). The minimum absolute atomic E-state index is 0.497. The van der Waals surface area contributed by atoms with Crippen molar-refractivity contribution in [3.8, 4) is 11.4 Å². The molecule has 2 saturated carbocycles. The van der Waals surface area contributed by atoms with Crippen LogP contribution in [0.15, 0.2) is 36.4 Å². The summed E-state index contributed by atoms with van der Waals surface area (Å²) >= 11 is 6.18. The molecule has 0 amide bonds. The highest BCUT2D eigenvalue weighted by molar-refractivity contribution is 6.29. The lowest BCUT2D eigenvalue weighted by Crippen LogP contribution is -2.25. The molecule has 1 aromatic heterocycles. The zero-order valence-electron chi connectivity index (χ0n) is 11.8. The third-order valence-electron chi connectivity index (χ3n) is 4.30. The summed E-state index contributed by atoms with van der Waals surface area (Å²) in [4.78, 5) is 9.00. The van der Waals surface area contributed by atoms with E-state index in [9.17, 15) is 0 Å². The molecule has 0 aliphatic heterocycles. The lowest BCUT2D eigenvalue weighted by molar-refractivity contribution is 0.565. The molecule has 0 radical (unpaired) electrons. The Hall–Kier alpha value is -1.61. The SMILES string of the molecule is Clc1cc(NC(C2CC2)C2CC2)nc(-c2ccccc2)n1. The highest BCUT2D eigenvalue weighted by Crippen LogP contribution is 2.45. The van der Waals surface area contributed by atoms with E-state index in [0.29, 0.717) is 17.0 Å². The molecule has 1 heterocycles. The number of benzene rings is 1. The number of nitrogens with one attached hydrogen (secondary N) is 1. The summed E-state index contributed by atoms with van der Waals surface area (Å²) in [6.45, 7) is 0. The Morgan fingerprint density at radius 3 is 2.29 bits per heavy atom. The Bertz CT molecular complexity index is 624. The average Bonchev–Trinajstić information content (AvgIpc) is 3.39. The molecule has 1 N–H and O–H groups in total. The summed E-state index contributed by atoms with van der Waals surface area (Å²) < 4.78 is 0. The quantitative estimate of drug-likeness (QED) is 0.832. The van der Waals surface area contributed by atoms with Gasteiger partial charge in [-0.2, -0.15) is 0 Å². The molecule has 0 bridgehead atoms. The van der Waals surface area contributed by atoms with Crippen LogP contribution < -0.4 is 5.32 Å². The van der Waals surface area contributed by atoms with E-state index in [2.05, 4.69) is 15.3 Å². The number of halogens is 1. The normalized spacial score (nSPS) is 18.0. The van der Waals surface area contributed by atoms with Gasteiger partial charge < -0.3 is 5.32 Å². The van der Waals surface area contributed by atoms with Crippen molar-refractivity contribution in [3.05, 3.63) is 41.6 Å². The molecular formula is C17H18ClN3. The van der Waals surface area contributed by atoms with E-state index in [1.165, 1.54) is 25.7 Å². The summed E-state index contributed by atoms with van der Waals surface area (Å²) in [5, 5.41) is 4.12. The van der Waals surface area contributed by atoms with Crippen LogP contribution >= 0.6 is 11.6 Å². The second-order valence-electron chi connectivity index (χ2n) is 6.11. The van der Waals surface area contributed by atoms with E-state index in [-0.39, 0.29) is 0 Å². The molecule has 2 aliphatic carbocycles. The molecule has 0 unspecified atom stereocenters. The number of hydrogen-bond donors (Lipinski definition) is 1. The first-order valence-electron chi connectivity index (χ1n) is 7.66. The molecule has 2 aliphatic rings. The van der Waals surface area contributed by atoms with Gasteiger partial charge in [0.05, 0.1) is 0 Å². The first-order valence-corrected chi connectivity index (χ1v) is 8.04. The van der Waals surface area contributed by atoms with Gasteiger partial charge in [0.1, 0.15) is 11.0 Å². The second kappa shape index (κ2) is 5.30. The summed E-state index contributed by atoms with van der Waals surface area (Å²) in [5.74, 6) is 3.20. The number of hydrogen-bond acceptors (Lipinski definition) is 3. The minimum atomic E-state index is 0.497. The maximum absolute atomic E-state index is 6.18. The number of aromatic nitrogens is 2. The average molecular weight is 300 g/mol. The zero-order valence-corrected chi connectivity index (χ0v) is 12.6. The highest BCUT2D eigenvalue weighted by atomic mass is 35.5. The summed E-state index contributed by atoms with van der Waals surface area (Å²) in [6, 6.07) is 12.4. The van der Waals surface area contributed by atoms with Crippen LogP contribution in [-0.4, -0.2) is 16.0 Å². The second-order valence-corrected chi connectivity index (χ2v) is 6.50. The summed E-state index contributed by atoms with van der Waals surface area (Å²) in [5.41, 5.74) is 0.998. The number of nitrogens with zero attached hydrogens (tertiary/aromatic N) is 2. The first kappa shape index (κ1) is 13.1. The monoisotopic (exact) mass is 299 g/mol. The van der Waals surface area contributed by atoms with Crippen LogP contribution in [0, 0.1) is 11.8 Å². The Labute approximate surface area is 129 Å². The molecule has 0 atom stereocenters. The number of rotatable bonds is 5. The molecule has 3 nitrogen and oxygen atoms in total. The number of anilines is 1. The predicted octanol–water partition coefficient (Wildman–Crippen LogP) is 4.40. The lowest BCUT2D eigenvalue weighted by atomic mass is 10.1. The van der Waals surface area contributed by atoms with E-state index in [4.69, 9.17) is 11.6 Å². The molecule has 21 heavy (non-hydrogen) atoms. The maximum Gasteiger partial charge on any atom is 0.163 e.